The molecule has 11 nitrogen and oxygen atoms in total. The van der Waals surface area contributed by atoms with Gasteiger partial charge in [0.05, 0.1) is 17.7 Å². The molecule has 0 bridgehead atoms. The first-order valence-electron chi connectivity index (χ1n) is 10.1. The van der Waals surface area contributed by atoms with Gasteiger partial charge in [-0.2, -0.15) is 0 Å². The number of aromatic nitrogens is 3. The molecule has 2 heterocycles. The number of carbonyl (C=O) groups is 3. The number of amides is 1. The molecule has 1 fully saturated rings. The molecule has 0 saturated carbocycles. The highest BCUT2D eigenvalue weighted by Crippen LogP contribution is 2.35. The Labute approximate surface area is 207 Å². The summed E-state index contributed by atoms with van der Waals surface area (Å²) in [5, 5.41) is 4.02. The quantitative estimate of drug-likeness (QED) is 0.314. The fraction of sp³-hybridized carbons (Fsp3) is 0.227. The average molecular weight is 578 g/mol. The maximum Gasteiger partial charge on any atom is 0.338 e. The summed E-state index contributed by atoms with van der Waals surface area (Å²) in [6.07, 6.45) is -2.86. The van der Waals surface area contributed by atoms with Crippen LogP contribution in [0.3, 0.4) is 0 Å². The average Bonchev–Trinajstić information content (AvgIpc) is 3.47. The molecule has 4 rings (SSSR count). The Hall–Kier alpha value is -3.36. The molecule has 0 unspecified atom stereocenters. The van der Waals surface area contributed by atoms with Crippen LogP contribution in [-0.2, 0) is 17.3 Å². The van der Waals surface area contributed by atoms with E-state index in [0.717, 1.165) is 0 Å². The first kappa shape index (κ1) is 23.8. The van der Waals surface area contributed by atoms with Crippen LogP contribution in [0.4, 0.5) is 0 Å². The molecule has 3 aromatic rings. The number of primary amides is 1. The van der Waals surface area contributed by atoms with Crippen molar-refractivity contribution in [2.75, 3.05) is 6.61 Å². The molecule has 1 aromatic heterocycles. The van der Waals surface area contributed by atoms with Gasteiger partial charge < -0.3 is 23.0 Å². The predicted molar refractivity (Wildman–Crippen MR) is 124 cm³/mol. The van der Waals surface area contributed by atoms with Crippen LogP contribution in [-0.4, -0.2) is 57.5 Å². The van der Waals surface area contributed by atoms with Gasteiger partial charge in [-0.3, -0.25) is 4.79 Å². The molecule has 4 atom stereocenters. The highest BCUT2D eigenvalue weighted by Gasteiger charge is 2.51. The number of nitrogens with two attached hydrogens (primary N) is 1. The molecule has 1 amide bonds. The number of hydrogen-bond acceptors (Lipinski definition) is 9. The molecule has 0 radical (unpaired) electrons. The van der Waals surface area contributed by atoms with Crippen molar-refractivity contribution in [3.63, 3.8) is 0 Å². The predicted octanol–water partition coefficient (Wildman–Crippen LogP) is 2.09. The summed E-state index contributed by atoms with van der Waals surface area (Å²) in [4.78, 5) is 41.0. The van der Waals surface area contributed by atoms with E-state index in [1.165, 1.54) is 11.0 Å². The molecule has 0 spiro atoms. The van der Waals surface area contributed by atoms with E-state index in [-0.39, 0.29) is 12.4 Å². The zero-order chi connectivity index (χ0) is 24.1. The SMILES string of the molecule is NC(=O)c1ncn([C@@H]2O[C@H](COI)[C@@H](OC(=O)c3ccccc3)[C@H]2OC(=O)c2ccccc2)n1. The number of benzene rings is 2. The number of esters is 2. The summed E-state index contributed by atoms with van der Waals surface area (Å²) in [5.41, 5.74) is 5.86. The van der Waals surface area contributed by atoms with Gasteiger partial charge in [0.25, 0.3) is 5.91 Å². The van der Waals surface area contributed by atoms with Crippen LogP contribution in [0.2, 0.25) is 0 Å². The van der Waals surface area contributed by atoms with Crippen LogP contribution in [0.5, 0.6) is 0 Å². The first-order chi connectivity index (χ1) is 16.5. The summed E-state index contributed by atoms with van der Waals surface area (Å²) in [7, 11) is 0. The Morgan fingerprint density at radius 1 is 0.941 bits per heavy atom. The number of carbonyl (C=O) groups excluding carboxylic acids is 3. The monoisotopic (exact) mass is 578 g/mol. The van der Waals surface area contributed by atoms with Crippen molar-refractivity contribution in [1.82, 2.24) is 14.8 Å². The Balaban J connectivity index is 1.67. The molecular formula is C22H19IN4O7. The highest BCUT2D eigenvalue weighted by molar-refractivity contribution is 14.1. The Morgan fingerprint density at radius 2 is 1.50 bits per heavy atom. The molecule has 176 valence electrons. The number of ether oxygens (including phenoxy) is 3. The Kier molecular flexibility index (Phi) is 7.49. The van der Waals surface area contributed by atoms with Gasteiger partial charge in [0.2, 0.25) is 5.82 Å². The smallest absolute Gasteiger partial charge is 0.338 e. The fourth-order valence-corrected chi connectivity index (χ4v) is 3.78. The number of halogens is 1. The minimum Gasteiger partial charge on any atom is -0.452 e. The van der Waals surface area contributed by atoms with E-state index in [0.29, 0.717) is 11.1 Å². The van der Waals surface area contributed by atoms with E-state index in [4.69, 9.17) is 23.0 Å². The van der Waals surface area contributed by atoms with Crippen molar-refractivity contribution in [1.29, 1.82) is 0 Å². The second-order valence-corrected chi connectivity index (χ2v) is 7.85. The van der Waals surface area contributed by atoms with Gasteiger partial charge in [-0.05, 0) is 24.3 Å². The molecule has 2 aromatic carbocycles. The number of hydrogen-bond donors (Lipinski definition) is 1. The van der Waals surface area contributed by atoms with Crippen molar-refractivity contribution < 1.29 is 31.7 Å². The summed E-state index contributed by atoms with van der Waals surface area (Å²) in [6.45, 7) is 0.0144. The van der Waals surface area contributed by atoms with E-state index in [2.05, 4.69) is 10.1 Å². The zero-order valence-corrected chi connectivity index (χ0v) is 19.7. The van der Waals surface area contributed by atoms with Gasteiger partial charge in [0, 0.05) is 0 Å². The number of nitrogens with zero attached hydrogens (tertiary/aromatic N) is 3. The van der Waals surface area contributed by atoms with Gasteiger partial charge in [-0.25, -0.2) is 19.3 Å². The second-order valence-electron chi connectivity index (χ2n) is 7.23. The third-order valence-electron chi connectivity index (χ3n) is 5.01. The largest absolute Gasteiger partial charge is 0.452 e. The third kappa shape index (κ3) is 5.24. The van der Waals surface area contributed by atoms with E-state index in [9.17, 15) is 14.4 Å². The van der Waals surface area contributed by atoms with Gasteiger partial charge in [-0.15, -0.1) is 5.10 Å². The maximum absolute atomic E-state index is 12.9. The third-order valence-corrected chi connectivity index (χ3v) is 5.37. The van der Waals surface area contributed by atoms with E-state index in [1.54, 1.807) is 83.7 Å². The van der Waals surface area contributed by atoms with Crippen LogP contribution in [0.15, 0.2) is 67.0 Å². The molecule has 2 N–H and O–H groups in total. The first-order valence-corrected chi connectivity index (χ1v) is 11.0. The van der Waals surface area contributed by atoms with Crippen LogP contribution >= 0.6 is 23.0 Å². The van der Waals surface area contributed by atoms with Crippen molar-refractivity contribution in [3.05, 3.63) is 83.9 Å². The van der Waals surface area contributed by atoms with Gasteiger partial charge in [-0.1, -0.05) is 36.4 Å². The van der Waals surface area contributed by atoms with E-state index in [1.807, 2.05) is 0 Å². The topological polar surface area (TPSA) is 145 Å². The van der Waals surface area contributed by atoms with Crippen molar-refractivity contribution in [3.8, 4) is 0 Å². The lowest BCUT2D eigenvalue weighted by Crippen LogP contribution is -2.41. The number of rotatable bonds is 8. The van der Waals surface area contributed by atoms with Crippen LogP contribution < -0.4 is 5.73 Å². The molecule has 12 heteroatoms. The Morgan fingerprint density at radius 3 is 2.00 bits per heavy atom. The van der Waals surface area contributed by atoms with Gasteiger partial charge >= 0.3 is 11.9 Å². The second kappa shape index (κ2) is 10.7. The summed E-state index contributed by atoms with van der Waals surface area (Å²) < 4.78 is 23.9. The summed E-state index contributed by atoms with van der Waals surface area (Å²) >= 11 is 1.68. The van der Waals surface area contributed by atoms with Crippen molar-refractivity contribution in [2.24, 2.45) is 5.73 Å². The summed E-state index contributed by atoms with van der Waals surface area (Å²) in [6, 6.07) is 16.7. The fourth-order valence-electron chi connectivity index (χ4n) is 3.43. The molecule has 1 aliphatic heterocycles. The molecule has 34 heavy (non-hydrogen) atoms. The normalized spacial score (nSPS) is 21.7. The summed E-state index contributed by atoms with van der Waals surface area (Å²) in [5.74, 6) is -2.38. The van der Waals surface area contributed by atoms with Gasteiger partial charge in [0.1, 0.15) is 35.4 Å². The van der Waals surface area contributed by atoms with Gasteiger partial charge in [0.15, 0.2) is 18.4 Å². The van der Waals surface area contributed by atoms with Crippen LogP contribution in [0.25, 0.3) is 0 Å². The zero-order valence-electron chi connectivity index (χ0n) is 17.5. The van der Waals surface area contributed by atoms with E-state index >= 15 is 0 Å². The molecule has 0 aliphatic carbocycles. The van der Waals surface area contributed by atoms with Crippen LogP contribution in [0, 0.1) is 0 Å². The minimum absolute atomic E-state index is 0.0144. The van der Waals surface area contributed by atoms with Crippen LogP contribution in [0.1, 0.15) is 37.6 Å². The van der Waals surface area contributed by atoms with Crippen molar-refractivity contribution in [2.45, 2.75) is 24.5 Å². The molecular weight excluding hydrogens is 559 g/mol. The van der Waals surface area contributed by atoms with E-state index < -0.39 is 42.4 Å². The molecule has 1 aliphatic rings. The standard InChI is InChI=1S/C22H19IN4O7/c23-31-11-15-16(33-21(29)13-7-3-1-4-8-13)17(34-22(30)14-9-5-2-6-10-14)20(32-15)27-12-25-19(26-27)18(24)28/h1-10,12,15-17,20H,11H2,(H2,24,28)/t15-,16-,17-,20-/m1/s1. The lowest BCUT2D eigenvalue weighted by Gasteiger charge is -2.24. The lowest BCUT2D eigenvalue weighted by molar-refractivity contribution is -0.0596. The lowest BCUT2D eigenvalue weighted by atomic mass is 10.1. The minimum atomic E-state index is -1.14. The Bertz CT molecular complexity index is 1160. The van der Waals surface area contributed by atoms with Crippen molar-refractivity contribution >= 4 is 40.9 Å². The maximum atomic E-state index is 12.9. The molecule has 1 saturated heterocycles. The highest BCUT2D eigenvalue weighted by atomic mass is 127.